The van der Waals surface area contributed by atoms with E-state index in [-0.39, 0.29) is 0 Å². The van der Waals surface area contributed by atoms with Crippen LogP contribution < -0.4 is 5.73 Å². The Morgan fingerprint density at radius 3 is 2.29 bits per heavy atom. The zero-order chi connectivity index (χ0) is 16.1. The van der Waals surface area contributed by atoms with Crippen LogP contribution in [0, 0.1) is 0 Å². The molecule has 0 unspecified atom stereocenters. The van der Waals surface area contributed by atoms with Gasteiger partial charge in [0.05, 0.1) is 0 Å². The molecule has 0 saturated heterocycles. The molecule has 0 radical (unpaired) electrons. The highest BCUT2D eigenvalue weighted by molar-refractivity contribution is 6.09. The van der Waals surface area contributed by atoms with Crippen molar-refractivity contribution in [3.05, 3.63) is 78.9 Å². The highest BCUT2D eigenvalue weighted by atomic mass is 16.3. The molecule has 0 fully saturated rings. The number of anilines is 1. The molecule has 4 aromatic carbocycles. The maximum Gasteiger partial charge on any atom is 0.135 e. The first-order valence-electron chi connectivity index (χ1n) is 8.00. The average Bonchev–Trinajstić information content (AvgIpc) is 2.99. The molecule has 0 amide bonds. The largest absolute Gasteiger partial charge is 0.456 e. The van der Waals surface area contributed by atoms with Gasteiger partial charge < -0.3 is 10.2 Å². The quantitative estimate of drug-likeness (QED) is 0.386. The SMILES string of the molecule is Nc1ccc2ccccc2c1-c1ccc2oc3ccccc3c2c1. The smallest absolute Gasteiger partial charge is 0.135 e. The van der Waals surface area contributed by atoms with E-state index < -0.39 is 0 Å². The minimum atomic E-state index is 0.792. The molecule has 0 aliphatic heterocycles. The summed E-state index contributed by atoms with van der Waals surface area (Å²) >= 11 is 0. The van der Waals surface area contributed by atoms with Gasteiger partial charge in [-0.1, -0.05) is 54.6 Å². The standard InChI is InChI=1S/C22H15NO/c23-19-11-9-14-5-1-2-6-16(14)22(19)15-10-12-21-18(13-15)17-7-3-4-8-20(17)24-21/h1-13H,23H2. The van der Waals surface area contributed by atoms with Gasteiger partial charge in [-0.2, -0.15) is 0 Å². The van der Waals surface area contributed by atoms with Crippen LogP contribution in [0.15, 0.2) is 83.3 Å². The summed E-state index contributed by atoms with van der Waals surface area (Å²) in [5.74, 6) is 0. The topological polar surface area (TPSA) is 39.2 Å². The van der Waals surface area contributed by atoms with Crippen molar-refractivity contribution in [3.8, 4) is 11.1 Å². The van der Waals surface area contributed by atoms with Gasteiger partial charge in [0.25, 0.3) is 0 Å². The second-order valence-electron chi connectivity index (χ2n) is 6.06. The van der Waals surface area contributed by atoms with Crippen LogP contribution >= 0.6 is 0 Å². The molecule has 0 bridgehead atoms. The first kappa shape index (κ1) is 13.2. The number of hydrogen-bond donors (Lipinski definition) is 1. The lowest BCUT2D eigenvalue weighted by Gasteiger charge is -2.10. The van der Waals surface area contributed by atoms with Crippen LogP contribution in [-0.2, 0) is 0 Å². The summed E-state index contributed by atoms with van der Waals surface area (Å²) in [6, 6.07) is 26.8. The first-order valence-corrected chi connectivity index (χ1v) is 8.00. The molecule has 5 aromatic rings. The molecule has 2 nitrogen and oxygen atoms in total. The van der Waals surface area contributed by atoms with Crippen molar-refractivity contribution in [1.82, 2.24) is 0 Å². The zero-order valence-electron chi connectivity index (χ0n) is 13.0. The van der Waals surface area contributed by atoms with Crippen molar-refractivity contribution < 1.29 is 4.42 Å². The summed E-state index contributed by atoms with van der Waals surface area (Å²) < 4.78 is 5.93. The Balaban J connectivity index is 1.87. The van der Waals surface area contributed by atoms with Crippen molar-refractivity contribution in [2.45, 2.75) is 0 Å². The van der Waals surface area contributed by atoms with Crippen LogP contribution in [0.3, 0.4) is 0 Å². The Morgan fingerprint density at radius 1 is 0.625 bits per heavy atom. The number of fused-ring (bicyclic) bond motifs is 4. The van der Waals surface area contributed by atoms with E-state index in [9.17, 15) is 0 Å². The van der Waals surface area contributed by atoms with Gasteiger partial charge in [0.15, 0.2) is 0 Å². The Hall–Kier alpha value is -3.26. The van der Waals surface area contributed by atoms with Gasteiger partial charge in [-0.25, -0.2) is 0 Å². The molecule has 0 spiro atoms. The lowest BCUT2D eigenvalue weighted by molar-refractivity contribution is 0.669. The van der Waals surface area contributed by atoms with Crippen molar-refractivity contribution >= 4 is 38.4 Å². The van der Waals surface area contributed by atoms with Gasteiger partial charge in [0.2, 0.25) is 0 Å². The summed E-state index contributed by atoms with van der Waals surface area (Å²) in [7, 11) is 0. The number of rotatable bonds is 1. The molecule has 0 atom stereocenters. The van der Waals surface area contributed by atoms with Gasteiger partial charge in [-0.05, 0) is 40.6 Å². The van der Waals surface area contributed by atoms with E-state index in [1.54, 1.807) is 0 Å². The number of furan rings is 1. The highest BCUT2D eigenvalue weighted by Gasteiger charge is 2.11. The molecular weight excluding hydrogens is 294 g/mol. The molecule has 0 aliphatic carbocycles. The Labute approximate surface area is 139 Å². The predicted octanol–water partition coefficient (Wildman–Crippen LogP) is 5.99. The van der Waals surface area contributed by atoms with Crippen molar-refractivity contribution in [3.63, 3.8) is 0 Å². The fourth-order valence-corrected chi connectivity index (χ4v) is 3.49. The van der Waals surface area contributed by atoms with Crippen LogP contribution in [0.2, 0.25) is 0 Å². The third-order valence-electron chi connectivity index (χ3n) is 4.63. The van der Waals surface area contributed by atoms with Gasteiger partial charge in [0, 0.05) is 22.0 Å². The fourth-order valence-electron chi connectivity index (χ4n) is 3.49. The van der Waals surface area contributed by atoms with Crippen molar-refractivity contribution in [2.24, 2.45) is 0 Å². The molecule has 0 saturated carbocycles. The number of benzene rings is 4. The van der Waals surface area contributed by atoms with E-state index in [1.807, 2.05) is 30.3 Å². The molecule has 2 N–H and O–H groups in total. The zero-order valence-corrected chi connectivity index (χ0v) is 13.0. The predicted molar refractivity (Wildman–Crippen MR) is 101 cm³/mol. The summed E-state index contributed by atoms with van der Waals surface area (Å²) in [5, 5.41) is 4.62. The minimum Gasteiger partial charge on any atom is -0.456 e. The summed E-state index contributed by atoms with van der Waals surface area (Å²) in [6.07, 6.45) is 0. The first-order chi connectivity index (χ1) is 11.8. The van der Waals surface area contributed by atoms with Gasteiger partial charge in [0.1, 0.15) is 11.2 Å². The molecule has 2 heteroatoms. The van der Waals surface area contributed by atoms with Crippen molar-refractivity contribution in [2.75, 3.05) is 5.73 Å². The number of nitrogens with two attached hydrogens (primary N) is 1. The van der Waals surface area contributed by atoms with Crippen molar-refractivity contribution in [1.29, 1.82) is 0 Å². The van der Waals surface area contributed by atoms with E-state index in [0.717, 1.165) is 38.8 Å². The number of nitrogen functional groups attached to an aromatic ring is 1. The normalized spacial score (nSPS) is 11.5. The van der Waals surface area contributed by atoms with E-state index >= 15 is 0 Å². The minimum absolute atomic E-state index is 0.792. The van der Waals surface area contributed by atoms with E-state index in [0.29, 0.717) is 0 Å². The van der Waals surface area contributed by atoms with Gasteiger partial charge in [-0.3, -0.25) is 0 Å². The lowest BCUT2D eigenvalue weighted by Crippen LogP contribution is -1.91. The molecule has 114 valence electrons. The Kier molecular flexibility index (Phi) is 2.68. The van der Waals surface area contributed by atoms with E-state index in [2.05, 4.69) is 48.5 Å². The lowest BCUT2D eigenvalue weighted by atomic mass is 9.95. The van der Waals surface area contributed by atoms with Crippen LogP contribution in [0.1, 0.15) is 0 Å². The van der Waals surface area contributed by atoms with Gasteiger partial charge in [-0.15, -0.1) is 0 Å². The van der Waals surface area contributed by atoms with Crippen LogP contribution in [-0.4, -0.2) is 0 Å². The number of hydrogen-bond acceptors (Lipinski definition) is 2. The highest BCUT2D eigenvalue weighted by Crippen LogP contribution is 2.37. The molecule has 1 heterocycles. The second kappa shape index (κ2) is 4.87. The molecule has 5 rings (SSSR count). The van der Waals surface area contributed by atoms with E-state index in [1.165, 1.54) is 10.8 Å². The van der Waals surface area contributed by atoms with Crippen LogP contribution in [0.4, 0.5) is 5.69 Å². The average molecular weight is 309 g/mol. The Bertz CT molecular complexity index is 1220. The third kappa shape index (κ3) is 1.83. The molecule has 24 heavy (non-hydrogen) atoms. The summed E-state index contributed by atoms with van der Waals surface area (Å²) in [6.45, 7) is 0. The monoisotopic (exact) mass is 309 g/mol. The van der Waals surface area contributed by atoms with Crippen LogP contribution in [0.25, 0.3) is 43.8 Å². The summed E-state index contributed by atoms with van der Waals surface area (Å²) in [5.41, 5.74) is 11.1. The van der Waals surface area contributed by atoms with Crippen LogP contribution in [0.5, 0.6) is 0 Å². The summed E-state index contributed by atoms with van der Waals surface area (Å²) in [4.78, 5) is 0. The second-order valence-corrected chi connectivity index (χ2v) is 6.06. The fraction of sp³-hybridized carbons (Fsp3) is 0. The van der Waals surface area contributed by atoms with E-state index in [4.69, 9.17) is 10.2 Å². The van der Waals surface area contributed by atoms with Gasteiger partial charge >= 0.3 is 0 Å². The number of para-hydroxylation sites is 1. The Morgan fingerprint density at radius 2 is 1.38 bits per heavy atom. The third-order valence-corrected chi connectivity index (χ3v) is 4.63. The maximum atomic E-state index is 6.33. The molecule has 0 aliphatic rings. The molecule has 1 aromatic heterocycles. The molecular formula is C22H15NO. The maximum absolute atomic E-state index is 6.33.